The molecule has 3 nitrogen and oxygen atoms in total. The SMILES string of the molecule is CCC(CNC)C(=O)N1CCCc2ccccc21. The van der Waals surface area contributed by atoms with E-state index in [0.717, 1.165) is 38.0 Å². The van der Waals surface area contributed by atoms with Gasteiger partial charge in [0.15, 0.2) is 0 Å². The molecule has 1 amide bonds. The Bertz CT molecular complexity index is 417. The van der Waals surface area contributed by atoms with E-state index in [4.69, 9.17) is 0 Å². The third kappa shape index (κ3) is 2.56. The molecule has 0 aromatic heterocycles. The maximum absolute atomic E-state index is 12.6. The molecule has 18 heavy (non-hydrogen) atoms. The number of carbonyl (C=O) groups excluding carboxylic acids is 1. The van der Waals surface area contributed by atoms with Crippen molar-refractivity contribution >= 4 is 11.6 Å². The largest absolute Gasteiger partial charge is 0.319 e. The Balaban J connectivity index is 2.21. The third-order valence-electron chi connectivity index (χ3n) is 3.67. The predicted molar refractivity (Wildman–Crippen MR) is 74.8 cm³/mol. The van der Waals surface area contributed by atoms with Gasteiger partial charge in [-0.05, 0) is 37.9 Å². The van der Waals surface area contributed by atoms with E-state index in [1.807, 2.05) is 18.0 Å². The lowest BCUT2D eigenvalue weighted by molar-refractivity contribution is -0.122. The van der Waals surface area contributed by atoms with Gasteiger partial charge in [0.05, 0.1) is 5.92 Å². The fourth-order valence-corrected chi connectivity index (χ4v) is 2.64. The quantitative estimate of drug-likeness (QED) is 0.883. The summed E-state index contributed by atoms with van der Waals surface area (Å²) in [6.45, 7) is 3.69. The first-order valence-corrected chi connectivity index (χ1v) is 6.81. The minimum Gasteiger partial charge on any atom is -0.319 e. The van der Waals surface area contributed by atoms with Gasteiger partial charge in [-0.2, -0.15) is 0 Å². The third-order valence-corrected chi connectivity index (χ3v) is 3.67. The number of amides is 1. The molecular formula is C15H22N2O. The summed E-state index contributed by atoms with van der Waals surface area (Å²) >= 11 is 0. The van der Waals surface area contributed by atoms with E-state index >= 15 is 0 Å². The molecule has 0 spiro atoms. The molecule has 1 atom stereocenters. The van der Waals surface area contributed by atoms with Crippen LogP contribution in [-0.4, -0.2) is 26.0 Å². The summed E-state index contributed by atoms with van der Waals surface area (Å²) in [5, 5.41) is 3.12. The van der Waals surface area contributed by atoms with Crippen molar-refractivity contribution in [3.63, 3.8) is 0 Å². The van der Waals surface area contributed by atoms with E-state index in [2.05, 4.69) is 30.4 Å². The van der Waals surface area contributed by atoms with Gasteiger partial charge in [-0.3, -0.25) is 4.79 Å². The normalized spacial score (nSPS) is 16.2. The van der Waals surface area contributed by atoms with Crippen LogP contribution in [0.25, 0.3) is 0 Å². The second-order valence-electron chi connectivity index (χ2n) is 4.88. The van der Waals surface area contributed by atoms with Crippen LogP contribution in [0, 0.1) is 5.92 Å². The van der Waals surface area contributed by atoms with Gasteiger partial charge in [0, 0.05) is 18.8 Å². The lowest BCUT2D eigenvalue weighted by atomic mass is 9.98. The highest BCUT2D eigenvalue weighted by Crippen LogP contribution is 2.28. The number of benzene rings is 1. The summed E-state index contributed by atoms with van der Waals surface area (Å²) in [6, 6.07) is 8.27. The number of nitrogens with zero attached hydrogens (tertiary/aromatic N) is 1. The number of hydrogen-bond donors (Lipinski definition) is 1. The predicted octanol–water partition coefficient (Wildman–Crippen LogP) is 2.21. The Hall–Kier alpha value is -1.35. The van der Waals surface area contributed by atoms with Crippen molar-refractivity contribution < 1.29 is 4.79 Å². The summed E-state index contributed by atoms with van der Waals surface area (Å²) in [7, 11) is 1.90. The van der Waals surface area contributed by atoms with Crippen LogP contribution in [0.5, 0.6) is 0 Å². The maximum Gasteiger partial charge on any atom is 0.231 e. The van der Waals surface area contributed by atoms with Crippen molar-refractivity contribution in [1.82, 2.24) is 5.32 Å². The number of carbonyl (C=O) groups is 1. The molecule has 0 saturated carbocycles. The minimum atomic E-state index is 0.0844. The van der Waals surface area contributed by atoms with Gasteiger partial charge in [0.25, 0.3) is 0 Å². The second kappa shape index (κ2) is 6.01. The van der Waals surface area contributed by atoms with Gasteiger partial charge >= 0.3 is 0 Å². The van der Waals surface area contributed by atoms with E-state index in [0.29, 0.717) is 0 Å². The summed E-state index contributed by atoms with van der Waals surface area (Å²) in [6.07, 6.45) is 3.04. The zero-order chi connectivity index (χ0) is 13.0. The van der Waals surface area contributed by atoms with Gasteiger partial charge in [-0.25, -0.2) is 0 Å². The molecule has 1 heterocycles. The molecule has 0 bridgehead atoms. The van der Waals surface area contributed by atoms with Gasteiger partial charge in [0.1, 0.15) is 0 Å². The van der Waals surface area contributed by atoms with Gasteiger partial charge in [0.2, 0.25) is 5.91 Å². The number of rotatable bonds is 4. The first kappa shape index (κ1) is 13.1. The van der Waals surface area contributed by atoms with Crippen molar-refractivity contribution in [3.05, 3.63) is 29.8 Å². The fraction of sp³-hybridized carbons (Fsp3) is 0.533. The number of fused-ring (bicyclic) bond motifs is 1. The first-order chi connectivity index (χ1) is 8.77. The van der Waals surface area contributed by atoms with Crippen molar-refractivity contribution in [2.24, 2.45) is 5.92 Å². The second-order valence-corrected chi connectivity index (χ2v) is 4.88. The van der Waals surface area contributed by atoms with Gasteiger partial charge in [-0.1, -0.05) is 25.1 Å². The number of nitrogens with one attached hydrogen (secondary N) is 1. The Kier molecular flexibility index (Phi) is 4.37. The van der Waals surface area contributed by atoms with Crippen molar-refractivity contribution in [2.75, 3.05) is 25.0 Å². The summed E-state index contributed by atoms with van der Waals surface area (Å²) in [5.74, 6) is 0.347. The van der Waals surface area contributed by atoms with E-state index in [9.17, 15) is 4.79 Å². The molecule has 1 aliphatic heterocycles. The Morgan fingerprint density at radius 2 is 2.22 bits per heavy atom. The van der Waals surface area contributed by atoms with Gasteiger partial charge in [-0.15, -0.1) is 0 Å². The zero-order valence-electron chi connectivity index (χ0n) is 11.3. The monoisotopic (exact) mass is 246 g/mol. The van der Waals surface area contributed by atoms with Crippen LogP contribution in [0.4, 0.5) is 5.69 Å². The molecule has 3 heteroatoms. The van der Waals surface area contributed by atoms with Crippen LogP contribution in [-0.2, 0) is 11.2 Å². The molecular weight excluding hydrogens is 224 g/mol. The molecule has 1 aromatic carbocycles. The van der Waals surface area contributed by atoms with Crippen LogP contribution in [0.1, 0.15) is 25.3 Å². The molecule has 0 saturated heterocycles. The number of anilines is 1. The highest BCUT2D eigenvalue weighted by molar-refractivity contribution is 5.96. The lowest BCUT2D eigenvalue weighted by Crippen LogP contribution is -2.42. The van der Waals surface area contributed by atoms with E-state index in [-0.39, 0.29) is 11.8 Å². The maximum atomic E-state index is 12.6. The minimum absolute atomic E-state index is 0.0844. The molecule has 1 N–H and O–H groups in total. The van der Waals surface area contributed by atoms with Crippen LogP contribution in [0.3, 0.4) is 0 Å². The van der Waals surface area contributed by atoms with Gasteiger partial charge < -0.3 is 10.2 Å². The van der Waals surface area contributed by atoms with Crippen molar-refractivity contribution in [3.8, 4) is 0 Å². The Morgan fingerprint density at radius 3 is 2.94 bits per heavy atom. The lowest BCUT2D eigenvalue weighted by Gasteiger charge is -2.32. The topological polar surface area (TPSA) is 32.3 Å². The number of hydrogen-bond acceptors (Lipinski definition) is 2. The highest BCUT2D eigenvalue weighted by Gasteiger charge is 2.26. The molecule has 0 radical (unpaired) electrons. The van der Waals surface area contributed by atoms with Crippen molar-refractivity contribution in [1.29, 1.82) is 0 Å². The summed E-state index contributed by atoms with van der Waals surface area (Å²) < 4.78 is 0. The molecule has 2 rings (SSSR count). The van der Waals surface area contributed by atoms with Crippen LogP contribution < -0.4 is 10.2 Å². The molecule has 1 aliphatic rings. The smallest absolute Gasteiger partial charge is 0.231 e. The molecule has 1 unspecified atom stereocenters. The van der Waals surface area contributed by atoms with E-state index < -0.39 is 0 Å². The Morgan fingerprint density at radius 1 is 1.44 bits per heavy atom. The molecule has 1 aromatic rings. The standard InChI is InChI=1S/C15H22N2O/c1-3-12(11-16-2)15(18)17-10-6-8-13-7-4-5-9-14(13)17/h4-5,7,9,12,16H,3,6,8,10-11H2,1-2H3. The molecule has 98 valence electrons. The first-order valence-electron chi connectivity index (χ1n) is 6.81. The molecule has 0 fully saturated rings. The summed E-state index contributed by atoms with van der Waals surface area (Å²) in [4.78, 5) is 14.5. The van der Waals surface area contributed by atoms with Crippen molar-refractivity contribution in [2.45, 2.75) is 26.2 Å². The zero-order valence-corrected chi connectivity index (χ0v) is 11.3. The average Bonchev–Trinajstić information content (AvgIpc) is 2.43. The van der Waals surface area contributed by atoms with E-state index in [1.165, 1.54) is 5.56 Å². The molecule has 0 aliphatic carbocycles. The fourth-order valence-electron chi connectivity index (χ4n) is 2.64. The Labute approximate surface area is 109 Å². The van der Waals surface area contributed by atoms with Crippen LogP contribution in [0.15, 0.2) is 24.3 Å². The van der Waals surface area contributed by atoms with Crippen LogP contribution in [0.2, 0.25) is 0 Å². The number of aryl methyl sites for hydroxylation is 1. The van der Waals surface area contributed by atoms with Crippen LogP contribution >= 0.6 is 0 Å². The van der Waals surface area contributed by atoms with E-state index in [1.54, 1.807) is 0 Å². The average molecular weight is 246 g/mol. The highest BCUT2D eigenvalue weighted by atomic mass is 16.2. The summed E-state index contributed by atoms with van der Waals surface area (Å²) in [5.41, 5.74) is 2.42. The number of para-hydroxylation sites is 1.